The monoisotopic (exact) mass is 313 g/mol. The minimum Gasteiger partial charge on any atom is -0.399 e. The van der Waals surface area contributed by atoms with Gasteiger partial charge in [0.25, 0.3) is 0 Å². The van der Waals surface area contributed by atoms with E-state index in [2.05, 4.69) is 82.3 Å². The van der Waals surface area contributed by atoms with Crippen molar-refractivity contribution in [2.45, 2.75) is 33.1 Å². The number of anilines is 1. The zero-order valence-electron chi connectivity index (χ0n) is 14.8. The first-order valence-corrected chi connectivity index (χ1v) is 8.51. The van der Waals surface area contributed by atoms with Crippen LogP contribution in [0.15, 0.2) is 54.6 Å². The number of hydrogen-bond acceptors (Lipinski definition) is 1. The van der Waals surface area contributed by atoms with Gasteiger partial charge in [-0.1, -0.05) is 50.2 Å². The Labute approximate surface area is 144 Å². The van der Waals surface area contributed by atoms with E-state index >= 15 is 0 Å². The molecule has 0 heterocycles. The van der Waals surface area contributed by atoms with Crippen LogP contribution in [0.1, 0.15) is 36.1 Å². The van der Waals surface area contributed by atoms with Crippen molar-refractivity contribution in [1.29, 1.82) is 0 Å². The molecule has 0 spiro atoms. The second kappa shape index (κ2) is 4.98. The summed E-state index contributed by atoms with van der Waals surface area (Å²) in [5.74, 6) is 0. The molecule has 1 aliphatic rings. The SMILES string of the molecule is Cc1cc(N)cc(C)c1-c1ccc2c(c1)C(C)(C)c1ccccc1-2. The molecule has 0 saturated carbocycles. The van der Waals surface area contributed by atoms with E-state index in [1.807, 2.05) is 0 Å². The fraction of sp³-hybridized carbons (Fsp3) is 0.217. The van der Waals surface area contributed by atoms with Crippen LogP contribution in [-0.4, -0.2) is 0 Å². The van der Waals surface area contributed by atoms with E-state index in [-0.39, 0.29) is 5.41 Å². The van der Waals surface area contributed by atoms with Crippen molar-refractivity contribution >= 4 is 5.69 Å². The van der Waals surface area contributed by atoms with E-state index in [9.17, 15) is 0 Å². The van der Waals surface area contributed by atoms with Crippen LogP contribution in [0.25, 0.3) is 22.3 Å². The molecular weight excluding hydrogens is 290 g/mol. The standard InChI is InChI=1S/C23H23N/c1-14-11-17(24)12-15(2)22(14)16-9-10-19-18-7-5-6-8-20(18)23(3,4)21(19)13-16/h5-13H,24H2,1-4H3. The Hall–Kier alpha value is -2.54. The number of benzene rings is 3. The first kappa shape index (κ1) is 15.0. The van der Waals surface area contributed by atoms with Crippen molar-refractivity contribution in [3.63, 3.8) is 0 Å². The van der Waals surface area contributed by atoms with Crippen LogP contribution in [0.4, 0.5) is 5.69 Å². The predicted octanol–water partition coefficient (Wildman–Crippen LogP) is 5.86. The van der Waals surface area contributed by atoms with E-state index in [0.29, 0.717) is 0 Å². The highest BCUT2D eigenvalue weighted by Gasteiger charge is 2.35. The average molecular weight is 313 g/mol. The maximum atomic E-state index is 6.00. The summed E-state index contributed by atoms with van der Waals surface area (Å²) in [6, 6.07) is 19.8. The van der Waals surface area contributed by atoms with E-state index in [4.69, 9.17) is 5.73 Å². The quantitative estimate of drug-likeness (QED) is 0.559. The van der Waals surface area contributed by atoms with Gasteiger partial charge in [-0.25, -0.2) is 0 Å². The Morgan fingerprint density at radius 3 is 2.08 bits per heavy atom. The number of aryl methyl sites for hydroxylation is 2. The van der Waals surface area contributed by atoms with Crippen LogP contribution in [0.2, 0.25) is 0 Å². The molecule has 3 aromatic rings. The largest absolute Gasteiger partial charge is 0.399 e. The molecule has 0 amide bonds. The number of nitrogen functional groups attached to an aromatic ring is 1. The van der Waals surface area contributed by atoms with E-state index in [0.717, 1.165) is 5.69 Å². The Morgan fingerprint density at radius 1 is 0.750 bits per heavy atom. The molecule has 0 saturated heterocycles. The second-order valence-corrected chi connectivity index (χ2v) is 7.46. The molecule has 2 N–H and O–H groups in total. The molecule has 4 rings (SSSR count). The number of nitrogens with two attached hydrogens (primary N) is 1. The van der Waals surface area contributed by atoms with Crippen LogP contribution in [-0.2, 0) is 5.41 Å². The van der Waals surface area contributed by atoms with Gasteiger partial charge in [0, 0.05) is 11.1 Å². The lowest BCUT2D eigenvalue weighted by atomic mass is 9.81. The maximum Gasteiger partial charge on any atom is 0.0319 e. The van der Waals surface area contributed by atoms with Gasteiger partial charge in [-0.15, -0.1) is 0 Å². The lowest BCUT2D eigenvalue weighted by Gasteiger charge is -2.22. The van der Waals surface area contributed by atoms with Gasteiger partial charge in [0.1, 0.15) is 0 Å². The van der Waals surface area contributed by atoms with Gasteiger partial charge >= 0.3 is 0 Å². The van der Waals surface area contributed by atoms with Crippen molar-refractivity contribution in [3.8, 4) is 22.3 Å². The lowest BCUT2D eigenvalue weighted by Crippen LogP contribution is -2.14. The molecule has 120 valence electrons. The lowest BCUT2D eigenvalue weighted by molar-refractivity contribution is 0.660. The van der Waals surface area contributed by atoms with Gasteiger partial charge in [-0.05, 0) is 76.6 Å². The third-order valence-corrected chi connectivity index (χ3v) is 5.43. The summed E-state index contributed by atoms with van der Waals surface area (Å²) in [4.78, 5) is 0. The van der Waals surface area contributed by atoms with Crippen molar-refractivity contribution in [2.75, 3.05) is 5.73 Å². The van der Waals surface area contributed by atoms with Gasteiger partial charge in [-0.3, -0.25) is 0 Å². The maximum absolute atomic E-state index is 6.00. The minimum atomic E-state index is 0.0392. The molecule has 1 heteroatoms. The molecule has 0 unspecified atom stereocenters. The molecule has 0 aromatic heterocycles. The first-order chi connectivity index (χ1) is 11.4. The average Bonchev–Trinajstić information content (AvgIpc) is 2.75. The molecule has 0 aliphatic heterocycles. The molecule has 1 aliphatic carbocycles. The highest BCUT2D eigenvalue weighted by atomic mass is 14.5. The van der Waals surface area contributed by atoms with Crippen molar-refractivity contribution in [2.24, 2.45) is 0 Å². The van der Waals surface area contributed by atoms with Crippen LogP contribution >= 0.6 is 0 Å². The summed E-state index contributed by atoms with van der Waals surface area (Å²) >= 11 is 0. The Morgan fingerprint density at radius 2 is 1.38 bits per heavy atom. The number of hydrogen-bond donors (Lipinski definition) is 1. The van der Waals surface area contributed by atoms with Crippen molar-refractivity contribution < 1.29 is 0 Å². The molecule has 24 heavy (non-hydrogen) atoms. The highest BCUT2D eigenvalue weighted by molar-refractivity contribution is 5.84. The van der Waals surface area contributed by atoms with Gasteiger partial charge in [0.05, 0.1) is 0 Å². The Kier molecular flexibility index (Phi) is 3.11. The summed E-state index contributed by atoms with van der Waals surface area (Å²) in [7, 11) is 0. The summed E-state index contributed by atoms with van der Waals surface area (Å²) in [6.07, 6.45) is 0. The Balaban J connectivity index is 1.95. The summed E-state index contributed by atoms with van der Waals surface area (Å²) < 4.78 is 0. The number of rotatable bonds is 1. The summed E-state index contributed by atoms with van der Waals surface area (Å²) in [5.41, 5.74) is 17.5. The van der Waals surface area contributed by atoms with E-state index in [1.54, 1.807) is 0 Å². The minimum absolute atomic E-state index is 0.0392. The normalized spacial score (nSPS) is 14.3. The van der Waals surface area contributed by atoms with Gasteiger partial charge in [0.2, 0.25) is 0 Å². The molecular formula is C23H23N. The smallest absolute Gasteiger partial charge is 0.0319 e. The summed E-state index contributed by atoms with van der Waals surface area (Å²) in [6.45, 7) is 8.94. The molecule has 0 fully saturated rings. The molecule has 3 aromatic carbocycles. The van der Waals surface area contributed by atoms with Crippen LogP contribution < -0.4 is 5.73 Å². The number of fused-ring (bicyclic) bond motifs is 3. The fourth-order valence-corrected chi connectivity index (χ4v) is 4.31. The predicted molar refractivity (Wildman–Crippen MR) is 103 cm³/mol. The first-order valence-electron chi connectivity index (χ1n) is 8.51. The van der Waals surface area contributed by atoms with Gasteiger partial charge in [-0.2, -0.15) is 0 Å². The third-order valence-electron chi connectivity index (χ3n) is 5.43. The molecule has 0 atom stereocenters. The van der Waals surface area contributed by atoms with Crippen molar-refractivity contribution in [1.82, 2.24) is 0 Å². The summed E-state index contributed by atoms with van der Waals surface area (Å²) in [5, 5.41) is 0. The van der Waals surface area contributed by atoms with Gasteiger partial charge in [0.15, 0.2) is 0 Å². The topological polar surface area (TPSA) is 26.0 Å². The third kappa shape index (κ3) is 2.01. The van der Waals surface area contributed by atoms with Crippen LogP contribution in [0, 0.1) is 13.8 Å². The van der Waals surface area contributed by atoms with E-state index < -0.39 is 0 Å². The van der Waals surface area contributed by atoms with Crippen LogP contribution in [0.5, 0.6) is 0 Å². The van der Waals surface area contributed by atoms with E-state index in [1.165, 1.54) is 44.5 Å². The van der Waals surface area contributed by atoms with Crippen LogP contribution in [0.3, 0.4) is 0 Å². The van der Waals surface area contributed by atoms with Gasteiger partial charge < -0.3 is 5.73 Å². The van der Waals surface area contributed by atoms with Crippen molar-refractivity contribution in [3.05, 3.63) is 76.9 Å². The zero-order chi connectivity index (χ0) is 17.1. The highest BCUT2D eigenvalue weighted by Crippen LogP contribution is 2.49. The Bertz CT molecular complexity index is 941. The molecule has 1 nitrogen and oxygen atoms in total. The molecule has 0 bridgehead atoms. The fourth-order valence-electron chi connectivity index (χ4n) is 4.31. The zero-order valence-corrected chi connectivity index (χ0v) is 14.8. The molecule has 0 radical (unpaired) electrons. The second-order valence-electron chi connectivity index (χ2n) is 7.46.